The molecule has 3 nitrogen and oxygen atoms in total. The van der Waals surface area contributed by atoms with Crippen LogP contribution in [0.1, 0.15) is 20.8 Å². The molecule has 0 saturated carbocycles. The quantitative estimate of drug-likeness (QED) is 0.660. The number of nitrogens with one attached hydrogen (secondary N) is 1. The van der Waals surface area contributed by atoms with Crippen molar-refractivity contribution in [1.29, 1.82) is 0 Å². The van der Waals surface area contributed by atoms with Crippen LogP contribution in [0.25, 0.3) is 0 Å². The molecule has 0 unspecified atom stereocenters. The summed E-state index contributed by atoms with van der Waals surface area (Å²) in [4.78, 5) is 13.1. The van der Waals surface area contributed by atoms with Gasteiger partial charge in [-0.3, -0.25) is 9.69 Å². The van der Waals surface area contributed by atoms with Crippen LogP contribution in [0.3, 0.4) is 0 Å². The highest BCUT2D eigenvalue weighted by Gasteiger charge is 2.10. The molecule has 1 amide bonds. The van der Waals surface area contributed by atoms with Crippen molar-refractivity contribution in [3.63, 3.8) is 0 Å². The van der Waals surface area contributed by atoms with Gasteiger partial charge < -0.3 is 5.32 Å². The van der Waals surface area contributed by atoms with E-state index < -0.39 is 0 Å². The molecule has 0 fully saturated rings. The topological polar surface area (TPSA) is 32.3 Å². The number of amides is 1. The lowest BCUT2D eigenvalue weighted by atomic mass is 9.97. The van der Waals surface area contributed by atoms with E-state index in [0.717, 1.165) is 0 Å². The second kappa shape index (κ2) is 5.66. The maximum Gasteiger partial charge on any atom is 0.295 e. The van der Waals surface area contributed by atoms with Gasteiger partial charge in [0.1, 0.15) is 0 Å². The SMILES string of the molecule is CN(C)CC#CC(=O)NCC(C)(C)C. The highest BCUT2D eigenvalue weighted by molar-refractivity contribution is 5.93. The van der Waals surface area contributed by atoms with E-state index in [9.17, 15) is 4.79 Å². The van der Waals surface area contributed by atoms with Gasteiger partial charge >= 0.3 is 0 Å². The summed E-state index contributed by atoms with van der Waals surface area (Å²) < 4.78 is 0. The van der Waals surface area contributed by atoms with Crippen molar-refractivity contribution in [2.24, 2.45) is 5.41 Å². The number of nitrogens with zero attached hydrogens (tertiary/aromatic N) is 1. The van der Waals surface area contributed by atoms with E-state index in [0.29, 0.717) is 13.1 Å². The molecule has 0 aromatic carbocycles. The van der Waals surface area contributed by atoms with Gasteiger partial charge in [0.25, 0.3) is 5.91 Å². The van der Waals surface area contributed by atoms with Crippen molar-refractivity contribution in [2.75, 3.05) is 27.2 Å². The Kier molecular flexibility index (Phi) is 5.26. The van der Waals surface area contributed by atoms with Crippen LogP contribution in [0.2, 0.25) is 0 Å². The molecule has 0 atom stereocenters. The van der Waals surface area contributed by atoms with E-state index in [-0.39, 0.29) is 11.3 Å². The fraction of sp³-hybridized carbons (Fsp3) is 0.727. The second-order valence-corrected chi connectivity index (χ2v) is 4.78. The zero-order chi connectivity index (χ0) is 11.2. The normalized spacial score (nSPS) is 10.7. The van der Waals surface area contributed by atoms with Crippen LogP contribution in [0.4, 0.5) is 0 Å². The van der Waals surface area contributed by atoms with Crippen LogP contribution in [0, 0.1) is 17.3 Å². The lowest BCUT2D eigenvalue weighted by Gasteiger charge is -2.17. The highest BCUT2D eigenvalue weighted by Crippen LogP contribution is 2.09. The summed E-state index contributed by atoms with van der Waals surface area (Å²) in [6.45, 7) is 7.48. The second-order valence-electron chi connectivity index (χ2n) is 4.78. The van der Waals surface area contributed by atoms with Crippen molar-refractivity contribution < 1.29 is 4.79 Å². The maximum atomic E-state index is 11.2. The molecule has 0 saturated heterocycles. The van der Waals surface area contributed by atoms with Crippen LogP contribution in [0.15, 0.2) is 0 Å². The Balaban J connectivity index is 3.80. The van der Waals surface area contributed by atoms with Gasteiger partial charge in [0, 0.05) is 6.54 Å². The molecule has 0 rings (SSSR count). The minimum atomic E-state index is -0.193. The molecule has 0 spiro atoms. The number of carbonyl (C=O) groups excluding carboxylic acids is 1. The molecule has 80 valence electrons. The van der Waals surface area contributed by atoms with Gasteiger partial charge in [0.2, 0.25) is 0 Å². The number of rotatable bonds is 2. The molecule has 0 aliphatic carbocycles. The summed E-state index contributed by atoms with van der Waals surface area (Å²) in [7, 11) is 3.84. The Hall–Kier alpha value is -1.01. The van der Waals surface area contributed by atoms with E-state index >= 15 is 0 Å². The molecule has 0 radical (unpaired) electrons. The lowest BCUT2D eigenvalue weighted by molar-refractivity contribution is -0.116. The van der Waals surface area contributed by atoms with Gasteiger partial charge in [-0.25, -0.2) is 0 Å². The summed E-state index contributed by atoms with van der Waals surface area (Å²) >= 11 is 0. The zero-order valence-electron chi connectivity index (χ0n) is 9.77. The Morgan fingerprint density at radius 2 is 1.93 bits per heavy atom. The first kappa shape index (κ1) is 13.0. The summed E-state index contributed by atoms with van der Waals surface area (Å²) in [5.41, 5.74) is 0.110. The Morgan fingerprint density at radius 3 is 2.36 bits per heavy atom. The molecule has 3 heteroatoms. The molecule has 0 aliphatic rings. The molecular formula is C11H20N2O. The van der Waals surface area contributed by atoms with Gasteiger partial charge in [-0.05, 0) is 25.4 Å². The fourth-order valence-corrected chi connectivity index (χ4v) is 0.668. The van der Waals surface area contributed by atoms with Crippen LogP contribution < -0.4 is 5.32 Å². The third kappa shape index (κ3) is 9.08. The Morgan fingerprint density at radius 1 is 1.36 bits per heavy atom. The molecule has 0 heterocycles. The number of carbonyl (C=O) groups is 1. The van der Waals surface area contributed by atoms with Crippen LogP contribution in [0.5, 0.6) is 0 Å². The number of hydrogen-bond donors (Lipinski definition) is 1. The lowest BCUT2D eigenvalue weighted by Crippen LogP contribution is -2.31. The zero-order valence-corrected chi connectivity index (χ0v) is 9.77. The van der Waals surface area contributed by atoms with Gasteiger partial charge in [0.15, 0.2) is 0 Å². The predicted octanol–water partition coefficient (Wildman–Crippen LogP) is 0.714. The van der Waals surface area contributed by atoms with Gasteiger partial charge in [0.05, 0.1) is 6.54 Å². The van der Waals surface area contributed by atoms with Crippen molar-refractivity contribution in [3.05, 3.63) is 0 Å². The first-order valence-corrected chi connectivity index (χ1v) is 4.73. The van der Waals surface area contributed by atoms with Gasteiger partial charge in [-0.1, -0.05) is 26.7 Å². The summed E-state index contributed by atoms with van der Waals surface area (Å²) in [5.74, 6) is 5.14. The average molecular weight is 196 g/mol. The smallest absolute Gasteiger partial charge is 0.295 e. The molecule has 0 aromatic heterocycles. The van der Waals surface area contributed by atoms with Gasteiger partial charge in [-0.15, -0.1) is 0 Å². The van der Waals surface area contributed by atoms with Crippen LogP contribution >= 0.6 is 0 Å². The third-order valence-electron chi connectivity index (χ3n) is 1.38. The average Bonchev–Trinajstić information content (AvgIpc) is 1.99. The van der Waals surface area contributed by atoms with E-state index in [1.54, 1.807) is 0 Å². The van der Waals surface area contributed by atoms with E-state index in [1.165, 1.54) is 0 Å². The molecule has 1 N–H and O–H groups in total. The standard InChI is InChI=1S/C11H20N2O/c1-11(2,3)9-12-10(14)7-6-8-13(4)5/h8-9H2,1-5H3,(H,12,14). The number of hydrogen-bond acceptors (Lipinski definition) is 2. The third-order valence-corrected chi connectivity index (χ3v) is 1.38. The molecular weight excluding hydrogens is 176 g/mol. The van der Waals surface area contributed by atoms with Crippen LogP contribution in [-0.4, -0.2) is 38.0 Å². The summed E-state index contributed by atoms with van der Waals surface area (Å²) in [6.07, 6.45) is 0. The maximum absolute atomic E-state index is 11.2. The minimum Gasteiger partial charge on any atom is -0.345 e. The minimum absolute atomic E-state index is 0.110. The van der Waals surface area contributed by atoms with Gasteiger partial charge in [-0.2, -0.15) is 0 Å². The highest BCUT2D eigenvalue weighted by atomic mass is 16.1. The fourth-order valence-electron chi connectivity index (χ4n) is 0.668. The first-order chi connectivity index (χ1) is 6.31. The Bertz CT molecular complexity index is 240. The van der Waals surface area contributed by atoms with E-state index in [4.69, 9.17) is 0 Å². The van der Waals surface area contributed by atoms with Crippen molar-refractivity contribution >= 4 is 5.91 Å². The molecule has 0 bridgehead atoms. The first-order valence-electron chi connectivity index (χ1n) is 4.73. The van der Waals surface area contributed by atoms with Crippen molar-refractivity contribution in [1.82, 2.24) is 10.2 Å². The van der Waals surface area contributed by atoms with Crippen molar-refractivity contribution in [2.45, 2.75) is 20.8 Å². The Labute approximate surface area is 86.9 Å². The largest absolute Gasteiger partial charge is 0.345 e. The predicted molar refractivity (Wildman–Crippen MR) is 58.8 cm³/mol. The molecule has 0 aliphatic heterocycles. The van der Waals surface area contributed by atoms with Crippen molar-refractivity contribution in [3.8, 4) is 11.8 Å². The summed E-state index contributed by atoms with van der Waals surface area (Å²) in [5, 5.41) is 2.77. The summed E-state index contributed by atoms with van der Waals surface area (Å²) in [6, 6.07) is 0. The monoisotopic (exact) mass is 196 g/mol. The van der Waals surface area contributed by atoms with Crippen LogP contribution in [-0.2, 0) is 4.79 Å². The van der Waals surface area contributed by atoms with E-state index in [2.05, 4.69) is 37.9 Å². The molecule has 14 heavy (non-hydrogen) atoms. The molecule has 0 aromatic rings. The van der Waals surface area contributed by atoms with E-state index in [1.807, 2.05) is 19.0 Å².